The predicted octanol–water partition coefficient (Wildman–Crippen LogP) is 1.23. The molecule has 2 fully saturated rings. The van der Waals surface area contributed by atoms with E-state index in [9.17, 15) is 9.59 Å². The highest BCUT2D eigenvalue weighted by Crippen LogP contribution is 2.25. The third-order valence-electron chi connectivity index (χ3n) is 4.83. The van der Waals surface area contributed by atoms with Crippen molar-refractivity contribution < 1.29 is 9.59 Å². The van der Waals surface area contributed by atoms with E-state index in [0.717, 1.165) is 32.5 Å². The van der Waals surface area contributed by atoms with Crippen molar-refractivity contribution in [2.45, 2.75) is 65.1 Å². The molecule has 0 aliphatic carbocycles. The molecule has 2 aliphatic rings. The maximum Gasteiger partial charge on any atom is 0.246 e. The fraction of sp³-hybridized carbons (Fsp3) is 0.875. The van der Waals surface area contributed by atoms with Crippen molar-refractivity contribution in [2.75, 3.05) is 19.6 Å². The van der Waals surface area contributed by atoms with Crippen LogP contribution in [0.5, 0.6) is 0 Å². The Bertz CT molecular complexity index is 397. The Morgan fingerprint density at radius 3 is 2.57 bits per heavy atom. The average molecular weight is 295 g/mol. The molecule has 0 aromatic heterocycles. The van der Waals surface area contributed by atoms with Crippen LogP contribution in [0, 0.1) is 5.92 Å². The third kappa shape index (κ3) is 3.23. The lowest BCUT2D eigenvalue weighted by atomic mass is 9.93. The van der Waals surface area contributed by atoms with Crippen LogP contribution in [0.25, 0.3) is 0 Å². The highest BCUT2D eigenvalue weighted by molar-refractivity contribution is 5.97. The van der Waals surface area contributed by atoms with E-state index in [1.165, 1.54) is 0 Å². The van der Waals surface area contributed by atoms with Crippen LogP contribution in [0.15, 0.2) is 0 Å². The standard InChI is InChI=1S/C16H29N3O2/c1-5-13-15(20)17-14(11(3)4)16(21)19(13)12-8-7-9-18(6-2)10-12/h11-14H,5-10H2,1-4H3,(H,17,20). The summed E-state index contributed by atoms with van der Waals surface area (Å²) < 4.78 is 0. The van der Waals surface area contributed by atoms with Crippen molar-refractivity contribution in [3.63, 3.8) is 0 Å². The minimum absolute atomic E-state index is 0.0180. The zero-order valence-corrected chi connectivity index (χ0v) is 13.8. The van der Waals surface area contributed by atoms with Crippen molar-refractivity contribution in [1.82, 2.24) is 15.1 Å². The SMILES string of the molecule is CCC1C(=O)NC(C(C)C)C(=O)N1C1CCCN(CC)C1. The van der Waals surface area contributed by atoms with Gasteiger partial charge in [-0.1, -0.05) is 27.7 Å². The average Bonchev–Trinajstić information content (AvgIpc) is 2.48. The lowest BCUT2D eigenvalue weighted by Gasteiger charge is -2.47. The first kappa shape index (κ1) is 16.3. The molecule has 1 N–H and O–H groups in total. The molecule has 0 bridgehead atoms. The van der Waals surface area contributed by atoms with Gasteiger partial charge in [0.05, 0.1) is 0 Å². The quantitative estimate of drug-likeness (QED) is 0.849. The van der Waals surface area contributed by atoms with Crippen LogP contribution in [0.1, 0.15) is 47.0 Å². The Labute approximate surface area is 128 Å². The summed E-state index contributed by atoms with van der Waals surface area (Å²) in [7, 11) is 0. The van der Waals surface area contributed by atoms with Gasteiger partial charge in [-0.05, 0) is 38.3 Å². The number of piperazine rings is 1. The number of nitrogens with zero attached hydrogens (tertiary/aromatic N) is 2. The lowest BCUT2D eigenvalue weighted by Crippen LogP contribution is -2.68. The highest BCUT2D eigenvalue weighted by Gasteiger charge is 2.44. The van der Waals surface area contributed by atoms with Gasteiger partial charge in [-0.25, -0.2) is 0 Å². The first-order valence-electron chi connectivity index (χ1n) is 8.34. The second-order valence-electron chi connectivity index (χ2n) is 6.59. The Balaban J connectivity index is 2.22. The van der Waals surface area contributed by atoms with E-state index >= 15 is 0 Å². The molecule has 21 heavy (non-hydrogen) atoms. The Morgan fingerprint density at radius 2 is 2.00 bits per heavy atom. The van der Waals surface area contributed by atoms with Gasteiger partial charge in [-0.3, -0.25) is 9.59 Å². The molecule has 0 aromatic carbocycles. The maximum atomic E-state index is 12.9. The van der Waals surface area contributed by atoms with Gasteiger partial charge >= 0.3 is 0 Å². The number of hydrogen-bond donors (Lipinski definition) is 1. The zero-order valence-electron chi connectivity index (χ0n) is 13.8. The van der Waals surface area contributed by atoms with Crippen molar-refractivity contribution in [3.05, 3.63) is 0 Å². The summed E-state index contributed by atoms with van der Waals surface area (Å²) in [5.41, 5.74) is 0. The Kier molecular flexibility index (Phi) is 5.25. The largest absolute Gasteiger partial charge is 0.342 e. The minimum atomic E-state index is -0.364. The van der Waals surface area contributed by atoms with Crippen LogP contribution in [-0.4, -0.2) is 59.4 Å². The number of likely N-dealkylation sites (N-methyl/N-ethyl adjacent to an activating group) is 1. The van der Waals surface area contributed by atoms with Crippen molar-refractivity contribution in [2.24, 2.45) is 5.92 Å². The number of nitrogens with one attached hydrogen (secondary N) is 1. The summed E-state index contributed by atoms with van der Waals surface area (Å²) in [6.07, 6.45) is 2.80. The van der Waals surface area contributed by atoms with E-state index in [1.54, 1.807) is 0 Å². The molecule has 2 saturated heterocycles. The van der Waals surface area contributed by atoms with Gasteiger partial charge in [0.15, 0.2) is 0 Å². The van der Waals surface area contributed by atoms with E-state index in [4.69, 9.17) is 0 Å². The molecule has 3 atom stereocenters. The van der Waals surface area contributed by atoms with E-state index in [1.807, 2.05) is 25.7 Å². The van der Waals surface area contributed by atoms with Gasteiger partial charge in [-0.2, -0.15) is 0 Å². The zero-order chi connectivity index (χ0) is 15.6. The van der Waals surface area contributed by atoms with Crippen LogP contribution in [-0.2, 0) is 9.59 Å². The first-order chi connectivity index (χ1) is 9.99. The third-order valence-corrected chi connectivity index (χ3v) is 4.83. The van der Waals surface area contributed by atoms with Gasteiger partial charge in [0, 0.05) is 12.6 Å². The predicted molar refractivity (Wildman–Crippen MR) is 82.8 cm³/mol. The molecule has 5 heteroatoms. The molecule has 0 aromatic rings. The van der Waals surface area contributed by atoms with E-state index in [-0.39, 0.29) is 35.9 Å². The fourth-order valence-electron chi connectivity index (χ4n) is 3.57. The lowest BCUT2D eigenvalue weighted by molar-refractivity contribution is -0.155. The molecule has 5 nitrogen and oxygen atoms in total. The molecule has 2 amide bonds. The molecular weight excluding hydrogens is 266 g/mol. The summed E-state index contributed by atoms with van der Waals surface area (Å²) in [5, 5.41) is 2.92. The summed E-state index contributed by atoms with van der Waals surface area (Å²) in [5.74, 6) is 0.261. The molecule has 2 heterocycles. The molecule has 2 aliphatic heterocycles. The summed E-state index contributed by atoms with van der Waals surface area (Å²) in [6.45, 7) is 11.1. The van der Waals surface area contributed by atoms with Crippen molar-refractivity contribution in [1.29, 1.82) is 0 Å². The number of piperidine rings is 1. The molecule has 2 rings (SSSR count). The van der Waals surface area contributed by atoms with Gasteiger partial charge < -0.3 is 15.1 Å². The number of likely N-dealkylation sites (tertiary alicyclic amines) is 1. The number of amides is 2. The Morgan fingerprint density at radius 1 is 1.29 bits per heavy atom. The maximum absolute atomic E-state index is 12.9. The smallest absolute Gasteiger partial charge is 0.246 e. The minimum Gasteiger partial charge on any atom is -0.342 e. The second kappa shape index (κ2) is 6.77. The van der Waals surface area contributed by atoms with Crippen LogP contribution in [0.2, 0.25) is 0 Å². The number of carbonyl (C=O) groups excluding carboxylic acids is 2. The topological polar surface area (TPSA) is 52.7 Å². The summed E-state index contributed by atoms with van der Waals surface area (Å²) >= 11 is 0. The van der Waals surface area contributed by atoms with E-state index < -0.39 is 0 Å². The normalized spacial score (nSPS) is 31.7. The van der Waals surface area contributed by atoms with Gasteiger partial charge in [0.2, 0.25) is 11.8 Å². The molecule has 0 spiro atoms. The number of hydrogen-bond acceptors (Lipinski definition) is 3. The molecule has 0 radical (unpaired) electrons. The molecule has 3 unspecified atom stereocenters. The van der Waals surface area contributed by atoms with Gasteiger partial charge in [0.25, 0.3) is 0 Å². The van der Waals surface area contributed by atoms with Crippen LogP contribution >= 0.6 is 0 Å². The van der Waals surface area contributed by atoms with Crippen LogP contribution in [0.4, 0.5) is 0 Å². The number of carbonyl (C=O) groups is 2. The van der Waals surface area contributed by atoms with E-state index in [2.05, 4.69) is 17.1 Å². The fourth-order valence-corrected chi connectivity index (χ4v) is 3.57. The highest BCUT2D eigenvalue weighted by atomic mass is 16.2. The Hall–Kier alpha value is -1.10. The summed E-state index contributed by atoms with van der Waals surface area (Å²) in [6, 6.07) is -0.477. The van der Waals surface area contributed by atoms with Gasteiger partial charge in [-0.15, -0.1) is 0 Å². The molecule has 120 valence electrons. The van der Waals surface area contributed by atoms with Crippen molar-refractivity contribution >= 4 is 11.8 Å². The molecular formula is C16H29N3O2. The van der Waals surface area contributed by atoms with Crippen molar-refractivity contribution in [3.8, 4) is 0 Å². The monoisotopic (exact) mass is 295 g/mol. The first-order valence-corrected chi connectivity index (χ1v) is 8.34. The van der Waals surface area contributed by atoms with E-state index in [0.29, 0.717) is 6.42 Å². The summed E-state index contributed by atoms with van der Waals surface area (Å²) in [4.78, 5) is 29.5. The molecule has 0 saturated carbocycles. The van der Waals surface area contributed by atoms with Crippen LogP contribution < -0.4 is 5.32 Å². The van der Waals surface area contributed by atoms with Crippen LogP contribution in [0.3, 0.4) is 0 Å². The number of rotatable bonds is 4. The second-order valence-corrected chi connectivity index (χ2v) is 6.59. The van der Waals surface area contributed by atoms with Gasteiger partial charge in [0.1, 0.15) is 12.1 Å².